The molecule has 1 aromatic carbocycles. The van der Waals surface area contributed by atoms with Gasteiger partial charge in [-0.2, -0.15) is 5.26 Å². The van der Waals surface area contributed by atoms with Gasteiger partial charge in [0, 0.05) is 20.1 Å². The zero-order valence-corrected chi connectivity index (χ0v) is 16.2. The van der Waals surface area contributed by atoms with Gasteiger partial charge in [-0.25, -0.2) is 4.79 Å². The second kappa shape index (κ2) is 9.13. The molecule has 0 aromatic heterocycles. The van der Waals surface area contributed by atoms with Crippen molar-refractivity contribution >= 4 is 23.7 Å². The molecule has 0 saturated heterocycles. The number of amides is 3. The number of ether oxygens (including phenoxy) is 1. The Hall–Kier alpha value is -3.21. The molecule has 0 bridgehead atoms. The van der Waals surface area contributed by atoms with Crippen molar-refractivity contribution < 1.29 is 23.9 Å². The number of imide groups is 1. The summed E-state index contributed by atoms with van der Waals surface area (Å²) in [7, 11) is 1.52. The van der Waals surface area contributed by atoms with Crippen LogP contribution in [0.3, 0.4) is 0 Å². The van der Waals surface area contributed by atoms with Gasteiger partial charge in [0.25, 0.3) is 17.7 Å². The molecular formula is C20H23N3O5. The Labute approximate surface area is 163 Å². The van der Waals surface area contributed by atoms with E-state index in [1.807, 2.05) is 13.0 Å². The van der Waals surface area contributed by atoms with Crippen molar-refractivity contribution in [1.29, 1.82) is 5.26 Å². The largest absolute Gasteiger partial charge is 0.449 e. The monoisotopic (exact) mass is 385 g/mol. The van der Waals surface area contributed by atoms with E-state index in [0.29, 0.717) is 13.0 Å². The maximum Gasteiger partial charge on any atom is 0.338 e. The number of fused-ring (bicyclic) bond motifs is 1. The van der Waals surface area contributed by atoms with Crippen molar-refractivity contribution in [2.75, 3.05) is 20.1 Å². The maximum absolute atomic E-state index is 12.5. The molecule has 2 rings (SSSR count). The van der Waals surface area contributed by atoms with Crippen LogP contribution < -0.4 is 0 Å². The number of hydrogen-bond acceptors (Lipinski definition) is 6. The Kier molecular flexibility index (Phi) is 6.88. The topological polar surface area (TPSA) is 108 Å². The average Bonchev–Trinajstić information content (AvgIpc) is 2.93. The zero-order chi connectivity index (χ0) is 20.8. The summed E-state index contributed by atoms with van der Waals surface area (Å²) in [5, 5.41) is 8.58. The first-order chi connectivity index (χ1) is 13.3. The van der Waals surface area contributed by atoms with E-state index in [2.05, 4.69) is 0 Å². The molecule has 0 saturated carbocycles. The maximum atomic E-state index is 12.5. The summed E-state index contributed by atoms with van der Waals surface area (Å²) in [5.41, 5.74) is 0.523. The molecule has 8 nitrogen and oxygen atoms in total. The lowest BCUT2D eigenvalue weighted by molar-refractivity contribution is -0.138. The average molecular weight is 385 g/mol. The molecule has 0 unspecified atom stereocenters. The van der Waals surface area contributed by atoms with Crippen molar-refractivity contribution in [2.24, 2.45) is 0 Å². The number of rotatable bonds is 8. The SMILES string of the molecule is CCCCN1C(=O)c2ccc(C(=O)O[C@H](C)C(=O)N(C)CCC#N)cc2C1=O. The zero-order valence-electron chi connectivity index (χ0n) is 16.2. The standard InChI is InChI=1S/C20H23N3O5/c1-4-5-11-23-18(25)15-8-7-14(12-16(15)19(23)26)20(27)28-13(2)17(24)22(3)10-6-9-21/h7-8,12-13H,4-6,10-11H2,1-3H3/t13-/m1/s1. The molecule has 1 aliphatic heterocycles. The van der Waals surface area contributed by atoms with Crippen molar-refractivity contribution in [2.45, 2.75) is 39.2 Å². The molecule has 28 heavy (non-hydrogen) atoms. The number of unbranched alkanes of at least 4 members (excludes halogenated alkanes) is 1. The van der Waals surface area contributed by atoms with E-state index in [0.717, 1.165) is 6.42 Å². The quantitative estimate of drug-likeness (QED) is 0.500. The fourth-order valence-corrected chi connectivity index (χ4v) is 2.85. The van der Waals surface area contributed by atoms with Gasteiger partial charge in [0.2, 0.25) is 0 Å². The van der Waals surface area contributed by atoms with Crippen LogP contribution in [0.5, 0.6) is 0 Å². The third-order valence-electron chi connectivity index (χ3n) is 4.51. The van der Waals surface area contributed by atoms with Crippen LogP contribution in [0.15, 0.2) is 18.2 Å². The first-order valence-corrected chi connectivity index (χ1v) is 9.15. The van der Waals surface area contributed by atoms with Crippen molar-refractivity contribution in [3.05, 3.63) is 34.9 Å². The number of hydrogen-bond donors (Lipinski definition) is 0. The molecule has 8 heteroatoms. The van der Waals surface area contributed by atoms with Gasteiger partial charge >= 0.3 is 5.97 Å². The summed E-state index contributed by atoms with van der Waals surface area (Å²) in [6.07, 6.45) is 0.695. The van der Waals surface area contributed by atoms with Gasteiger partial charge < -0.3 is 9.64 Å². The van der Waals surface area contributed by atoms with E-state index in [-0.39, 0.29) is 35.6 Å². The number of nitrogens with zero attached hydrogens (tertiary/aromatic N) is 3. The fourth-order valence-electron chi connectivity index (χ4n) is 2.85. The minimum Gasteiger partial charge on any atom is -0.449 e. The van der Waals surface area contributed by atoms with E-state index in [1.54, 1.807) is 0 Å². The van der Waals surface area contributed by atoms with Crippen LogP contribution in [-0.2, 0) is 9.53 Å². The van der Waals surface area contributed by atoms with Gasteiger partial charge in [0.05, 0.1) is 29.2 Å². The summed E-state index contributed by atoms with van der Waals surface area (Å²) in [5.74, 6) is -1.98. The molecular weight excluding hydrogens is 362 g/mol. The normalized spacial score (nSPS) is 13.7. The number of likely N-dealkylation sites (N-methyl/N-ethyl adjacent to an activating group) is 1. The van der Waals surface area contributed by atoms with Gasteiger partial charge in [-0.05, 0) is 31.5 Å². The lowest BCUT2D eigenvalue weighted by Gasteiger charge is -2.20. The van der Waals surface area contributed by atoms with Crippen LogP contribution in [0.25, 0.3) is 0 Å². The predicted octanol–water partition coefficient (Wildman–Crippen LogP) is 2.00. The Morgan fingerprint density at radius 2 is 1.93 bits per heavy atom. The minimum absolute atomic E-state index is 0.0940. The minimum atomic E-state index is -1.04. The van der Waals surface area contributed by atoms with Crippen LogP contribution in [0.1, 0.15) is 64.2 Å². The van der Waals surface area contributed by atoms with E-state index in [1.165, 1.54) is 42.0 Å². The lowest BCUT2D eigenvalue weighted by Crippen LogP contribution is -2.37. The first-order valence-electron chi connectivity index (χ1n) is 9.15. The van der Waals surface area contributed by atoms with Crippen molar-refractivity contribution in [3.63, 3.8) is 0 Å². The highest BCUT2D eigenvalue weighted by molar-refractivity contribution is 6.22. The summed E-state index contributed by atoms with van der Waals surface area (Å²) in [6, 6.07) is 6.12. The molecule has 0 spiro atoms. The van der Waals surface area contributed by atoms with Gasteiger partial charge in [-0.3, -0.25) is 19.3 Å². The van der Waals surface area contributed by atoms with Gasteiger partial charge in [-0.15, -0.1) is 0 Å². The molecule has 148 valence electrons. The molecule has 1 aromatic rings. The van der Waals surface area contributed by atoms with Crippen LogP contribution in [0, 0.1) is 11.3 Å². The van der Waals surface area contributed by atoms with Crippen molar-refractivity contribution in [1.82, 2.24) is 9.80 Å². The van der Waals surface area contributed by atoms with E-state index in [9.17, 15) is 19.2 Å². The third kappa shape index (κ3) is 4.36. The Morgan fingerprint density at radius 1 is 1.25 bits per heavy atom. The predicted molar refractivity (Wildman–Crippen MR) is 99.5 cm³/mol. The molecule has 0 aliphatic carbocycles. The molecule has 1 heterocycles. The first kappa shape index (κ1) is 21.1. The van der Waals surface area contributed by atoms with Gasteiger partial charge in [0.15, 0.2) is 6.10 Å². The second-order valence-electron chi connectivity index (χ2n) is 6.59. The van der Waals surface area contributed by atoms with Crippen molar-refractivity contribution in [3.8, 4) is 6.07 Å². The number of benzene rings is 1. The smallest absolute Gasteiger partial charge is 0.338 e. The Balaban J connectivity index is 2.10. The molecule has 0 fully saturated rings. The Bertz CT molecular complexity index is 843. The fraction of sp³-hybridized carbons (Fsp3) is 0.450. The molecule has 0 radical (unpaired) electrons. The van der Waals surface area contributed by atoms with Crippen LogP contribution >= 0.6 is 0 Å². The molecule has 0 N–H and O–H groups in total. The number of esters is 1. The van der Waals surface area contributed by atoms with E-state index < -0.39 is 23.9 Å². The molecule has 1 aliphatic rings. The third-order valence-corrected chi connectivity index (χ3v) is 4.51. The van der Waals surface area contributed by atoms with Crippen LogP contribution in [0.2, 0.25) is 0 Å². The van der Waals surface area contributed by atoms with E-state index >= 15 is 0 Å². The van der Waals surface area contributed by atoms with Crippen LogP contribution in [-0.4, -0.2) is 59.7 Å². The van der Waals surface area contributed by atoms with Gasteiger partial charge in [-0.1, -0.05) is 13.3 Å². The van der Waals surface area contributed by atoms with Gasteiger partial charge in [0.1, 0.15) is 0 Å². The summed E-state index contributed by atoms with van der Waals surface area (Å²) < 4.78 is 5.19. The van der Waals surface area contributed by atoms with E-state index in [4.69, 9.17) is 10.00 Å². The lowest BCUT2D eigenvalue weighted by atomic mass is 10.1. The number of carbonyl (C=O) groups is 4. The summed E-state index contributed by atoms with van der Waals surface area (Å²) in [4.78, 5) is 51.9. The highest BCUT2D eigenvalue weighted by Crippen LogP contribution is 2.25. The second-order valence-corrected chi connectivity index (χ2v) is 6.59. The van der Waals surface area contributed by atoms with Crippen LogP contribution in [0.4, 0.5) is 0 Å². The summed E-state index contributed by atoms with van der Waals surface area (Å²) in [6.45, 7) is 3.98. The highest BCUT2D eigenvalue weighted by Gasteiger charge is 2.35. The molecule has 3 amide bonds. The Morgan fingerprint density at radius 3 is 2.57 bits per heavy atom. The number of carbonyl (C=O) groups excluding carboxylic acids is 4. The molecule has 1 atom stereocenters. The summed E-state index contributed by atoms with van der Waals surface area (Å²) >= 11 is 0. The number of nitriles is 1. The highest BCUT2D eigenvalue weighted by atomic mass is 16.5.